The summed E-state index contributed by atoms with van der Waals surface area (Å²) < 4.78 is 0. The number of carbonyl (C=O) groups excluding carboxylic acids is 1. The number of nitrogens with one attached hydrogen (secondary N) is 1. The maximum Gasteiger partial charge on any atom is 0.236 e. The van der Waals surface area contributed by atoms with Gasteiger partial charge in [0.1, 0.15) is 0 Å². The van der Waals surface area contributed by atoms with Crippen molar-refractivity contribution in [1.29, 1.82) is 0 Å². The lowest BCUT2D eigenvalue weighted by Gasteiger charge is -2.20. The van der Waals surface area contributed by atoms with Crippen molar-refractivity contribution >= 4 is 5.91 Å². The highest BCUT2D eigenvalue weighted by molar-refractivity contribution is 5.78. The molecule has 0 aromatic heterocycles. The minimum Gasteiger partial charge on any atom is -0.342 e. The number of likely N-dealkylation sites (N-methyl/N-ethyl adjacent to an activating group) is 1. The van der Waals surface area contributed by atoms with E-state index in [0.29, 0.717) is 12.6 Å². The van der Waals surface area contributed by atoms with E-state index in [0.717, 1.165) is 19.5 Å². The van der Waals surface area contributed by atoms with E-state index in [1.165, 1.54) is 0 Å². The Bertz CT molecular complexity index is 144. The monoisotopic (exact) mass is 186 g/mol. The van der Waals surface area contributed by atoms with Gasteiger partial charge in [-0.2, -0.15) is 0 Å². The van der Waals surface area contributed by atoms with Crippen LogP contribution in [0.4, 0.5) is 0 Å². The van der Waals surface area contributed by atoms with Gasteiger partial charge >= 0.3 is 0 Å². The fourth-order valence-corrected chi connectivity index (χ4v) is 1.09. The summed E-state index contributed by atoms with van der Waals surface area (Å²) in [5, 5.41) is 3.19. The molecule has 0 rings (SSSR count). The molecule has 0 aliphatic heterocycles. The van der Waals surface area contributed by atoms with Gasteiger partial charge in [-0.05, 0) is 27.2 Å². The zero-order valence-electron chi connectivity index (χ0n) is 9.26. The van der Waals surface area contributed by atoms with Crippen LogP contribution < -0.4 is 5.32 Å². The van der Waals surface area contributed by atoms with Crippen LogP contribution in [0.1, 0.15) is 34.1 Å². The van der Waals surface area contributed by atoms with Crippen LogP contribution in [0.2, 0.25) is 0 Å². The van der Waals surface area contributed by atoms with Crippen LogP contribution in [-0.4, -0.2) is 36.5 Å². The van der Waals surface area contributed by atoms with Crippen molar-refractivity contribution in [2.75, 3.05) is 19.6 Å². The summed E-state index contributed by atoms with van der Waals surface area (Å²) in [6.07, 6.45) is 1.06. The van der Waals surface area contributed by atoms with Gasteiger partial charge in [-0.1, -0.05) is 6.92 Å². The van der Waals surface area contributed by atoms with Crippen LogP contribution in [0, 0.1) is 0 Å². The van der Waals surface area contributed by atoms with Crippen molar-refractivity contribution in [2.45, 2.75) is 40.2 Å². The molecule has 1 unspecified atom stereocenters. The molecule has 1 N–H and O–H groups in total. The molecule has 0 spiro atoms. The van der Waals surface area contributed by atoms with E-state index in [2.05, 4.69) is 19.2 Å². The molecule has 0 aromatic carbocycles. The van der Waals surface area contributed by atoms with Crippen LogP contribution in [0.25, 0.3) is 0 Å². The smallest absolute Gasteiger partial charge is 0.236 e. The third-order valence-corrected chi connectivity index (χ3v) is 2.33. The summed E-state index contributed by atoms with van der Waals surface area (Å²) in [7, 11) is 0. The first kappa shape index (κ1) is 12.4. The molecule has 78 valence electrons. The molecule has 1 atom stereocenters. The first-order valence-electron chi connectivity index (χ1n) is 5.16. The lowest BCUT2D eigenvalue weighted by atomic mass is 10.2. The van der Waals surface area contributed by atoms with E-state index < -0.39 is 0 Å². The fourth-order valence-electron chi connectivity index (χ4n) is 1.09. The Kier molecular flexibility index (Phi) is 6.59. The van der Waals surface area contributed by atoms with Gasteiger partial charge in [0.05, 0.1) is 6.54 Å². The first-order chi connectivity index (χ1) is 6.15. The Morgan fingerprint density at radius 2 is 1.85 bits per heavy atom. The van der Waals surface area contributed by atoms with Gasteiger partial charge in [0, 0.05) is 19.1 Å². The Morgan fingerprint density at radius 3 is 2.23 bits per heavy atom. The molecule has 0 bridgehead atoms. The summed E-state index contributed by atoms with van der Waals surface area (Å²) in [4.78, 5) is 13.3. The molecule has 0 aliphatic carbocycles. The quantitative estimate of drug-likeness (QED) is 0.677. The van der Waals surface area contributed by atoms with Gasteiger partial charge in [-0.15, -0.1) is 0 Å². The van der Waals surface area contributed by atoms with E-state index in [9.17, 15) is 4.79 Å². The van der Waals surface area contributed by atoms with Gasteiger partial charge in [-0.3, -0.25) is 4.79 Å². The standard InChI is InChI=1S/C10H22N2O/c1-5-9(4)11-8-10(13)12(6-2)7-3/h9,11H,5-8H2,1-4H3. The zero-order valence-corrected chi connectivity index (χ0v) is 9.26. The second-order valence-corrected chi connectivity index (χ2v) is 3.26. The average Bonchev–Trinajstić information content (AvgIpc) is 2.16. The predicted molar refractivity (Wildman–Crippen MR) is 55.7 cm³/mol. The molecule has 0 heterocycles. The number of carbonyl (C=O) groups is 1. The number of nitrogens with zero attached hydrogens (tertiary/aromatic N) is 1. The van der Waals surface area contributed by atoms with Crippen molar-refractivity contribution in [3.63, 3.8) is 0 Å². The fraction of sp³-hybridized carbons (Fsp3) is 0.900. The van der Waals surface area contributed by atoms with Gasteiger partial charge in [0.2, 0.25) is 5.91 Å². The van der Waals surface area contributed by atoms with E-state index in [1.807, 2.05) is 18.7 Å². The van der Waals surface area contributed by atoms with Gasteiger partial charge in [-0.25, -0.2) is 0 Å². The second-order valence-electron chi connectivity index (χ2n) is 3.26. The third-order valence-electron chi connectivity index (χ3n) is 2.33. The molecule has 0 aliphatic rings. The van der Waals surface area contributed by atoms with E-state index in [4.69, 9.17) is 0 Å². The molecule has 0 saturated heterocycles. The average molecular weight is 186 g/mol. The van der Waals surface area contributed by atoms with Crippen LogP contribution in [0.3, 0.4) is 0 Å². The first-order valence-corrected chi connectivity index (χ1v) is 5.16. The topological polar surface area (TPSA) is 32.3 Å². The highest BCUT2D eigenvalue weighted by Gasteiger charge is 2.09. The molecule has 13 heavy (non-hydrogen) atoms. The summed E-state index contributed by atoms with van der Waals surface area (Å²) in [6, 6.07) is 0.430. The van der Waals surface area contributed by atoms with E-state index >= 15 is 0 Å². The van der Waals surface area contributed by atoms with Crippen molar-refractivity contribution in [3.05, 3.63) is 0 Å². The maximum absolute atomic E-state index is 11.5. The molecule has 0 saturated carbocycles. The Hall–Kier alpha value is -0.570. The molecular weight excluding hydrogens is 164 g/mol. The van der Waals surface area contributed by atoms with Crippen LogP contribution in [-0.2, 0) is 4.79 Å². The SMILES string of the molecule is CCC(C)NCC(=O)N(CC)CC. The highest BCUT2D eigenvalue weighted by Crippen LogP contribution is 1.90. The molecule has 3 nitrogen and oxygen atoms in total. The highest BCUT2D eigenvalue weighted by atomic mass is 16.2. The number of rotatable bonds is 6. The Balaban J connectivity index is 3.72. The second kappa shape index (κ2) is 6.89. The summed E-state index contributed by atoms with van der Waals surface area (Å²) >= 11 is 0. The largest absolute Gasteiger partial charge is 0.342 e. The number of hydrogen-bond acceptors (Lipinski definition) is 2. The van der Waals surface area contributed by atoms with Crippen molar-refractivity contribution in [3.8, 4) is 0 Å². The molecule has 0 fully saturated rings. The van der Waals surface area contributed by atoms with Crippen LogP contribution in [0.5, 0.6) is 0 Å². The number of hydrogen-bond donors (Lipinski definition) is 1. The van der Waals surface area contributed by atoms with Gasteiger partial charge in [0.25, 0.3) is 0 Å². The Labute approximate surface area is 81.5 Å². The summed E-state index contributed by atoms with van der Waals surface area (Å²) in [6.45, 7) is 10.3. The number of amides is 1. The third kappa shape index (κ3) is 4.88. The molecule has 0 aromatic rings. The normalized spacial score (nSPS) is 12.6. The van der Waals surface area contributed by atoms with Crippen LogP contribution >= 0.6 is 0 Å². The van der Waals surface area contributed by atoms with Crippen molar-refractivity contribution in [1.82, 2.24) is 10.2 Å². The van der Waals surface area contributed by atoms with Crippen LogP contribution in [0.15, 0.2) is 0 Å². The lowest BCUT2D eigenvalue weighted by Crippen LogP contribution is -2.40. The minimum absolute atomic E-state index is 0.199. The molecule has 1 amide bonds. The predicted octanol–water partition coefficient (Wildman–Crippen LogP) is 1.24. The molecule has 0 radical (unpaired) electrons. The van der Waals surface area contributed by atoms with Crippen molar-refractivity contribution in [2.24, 2.45) is 0 Å². The summed E-state index contributed by atoms with van der Waals surface area (Å²) in [5.41, 5.74) is 0. The Morgan fingerprint density at radius 1 is 1.31 bits per heavy atom. The maximum atomic E-state index is 11.5. The zero-order chi connectivity index (χ0) is 10.3. The summed E-state index contributed by atoms with van der Waals surface area (Å²) in [5.74, 6) is 0.199. The minimum atomic E-state index is 0.199. The lowest BCUT2D eigenvalue weighted by molar-refractivity contribution is -0.129. The van der Waals surface area contributed by atoms with E-state index in [1.54, 1.807) is 0 Å². The molecular formula is C10H22N2O. The van der Waals surface area contributed by atoms with Gasteiger partial charge in [0.15, 0.2) is 0 Å². The van der Waals surface area contributed by atoms with Crippen molar-refractivity contribution < 1.29 is 4.79 Å². The van der Waals surface area contributed by atoms with E-state index in [-0.39, 0.29) is 5.91 Å². The van der Waals surface area contributed by atoms with Gasteiger partial charge < -0.3 is 10.2 Å². The molecule has 3 heteroatoms.